The molecule has 1 aliphatic heterocycles. The highest BCUT2D eigenvalue weighted by Crippen LogP contribution is 2.23. The molecule has 1 heterocycles. The molecule has 1 rings (SSSR count). The summed E-state index contributed by atoms with van der Waals surface area (Å²) in [5.41, 5.74) is 0. The van der Waals surface area contributed by atoms with Crippen molar-refractivity contribution in [2.24, 2.45) is 11.8 Å². The van der Waals surface area contributed by atoms with Gasteiger partial charge in [0.25, 0.3) is 0 Å². The molecule has 2 atom stereocenters. The fourth-order valence-electron chi connectivity index (χ4n) is 2.70. The Morgan fingerprint density at radius 2 is 2.19 bits per heavy atom. The SMILES string of the molecule is C=CC(C(C)C)N1CCC(CN(C)CC)C1. The van der Waals surface area contributed by atoms with E-state index in [0.29, 0.717) is 12.0 Å². The minimum Gasteiger partial charge on any atom is -0.306 e. The van der Waals surface area contributed by atoms with E-state index in [4.69, 9.17) is 0 Å². The molecule has 0 spiro atoms. The van der Waals surface area contributed by atoms with Crippen molar-refractivity contribution in [3.8, 4) is 0 Å². The molecule has 2 heteroatoms. The molecular formula is C14H28N2. The average molecular weight is 224 g/mol. The predicted molar refractivity (Wildman–Crippen MR) is 71.7 cm³/mol. The lowest BCUT2D eigenvalue weighted by molar-refractivity contribution is 0.214. The second-order valence-electron chi connectivity index (χ2n) is 5.47. The summed E-state index contributed by atoms with van der Waals surface area (Å²) in [6.45, 7) is 15.7. The van der Waals surface area contributed by atoms with Crippen LogP contribution in [0, 0.1) is 11.8 Å². The first-order valence-electron chi connectivity index (χ1n) is 6.63. The first-order valence-corrected chi connectivity index (χ1v) is 6.63. The summed E-state index contributed by atoms with van der Waals surface area (Å²) in [7, 11) is 2.22. The Hall–Kier alpha value is -0.340. The fraction of sp³-hybridized carbons (Fsp3) is 0.857. The minimum absolute atomic E-state index is 0.567. The summed E-state index contributed by atoms with van der Waals surface area (Å²) in [6, 6.07) is 0.567. The summed E-state index contributed by atoms with van der Waals surface area (Å²) in [6.07, 6.45) is 3.47. The van der Waals surface area contributed by atoms with Crippen molar-refractivity contribution in [2.45, 2.75) is 33.2 Å². The highest BCUT2D eigenvalue weighted by molar-refractivity contribution is 4.93. The quantitative estimate of drug-likeness (QED) is 0.640. The van der Waals surface area contributed by atoms with E-state index in [2.05, 4.69) is 50.3 Å². The van der Waals surface area contributed by atoms with Gasteiger partial charge in [0.1, 0.15) is 0 Å². The maximum atomic E-state index is 3.98. The average Bonchev–Trinajstić information content (AvgIpc) is 2.66. The van der Waals surface area contributed by atoms with Crippen LogP contribution >= 0.6 is 0 Å². The summed E-state index contributed by atoms with van der Waals surface area (Å²) < 4.78 is 0. The van der Waals surface area contributed by atoms with Gasteiger partial charge < -0.3 is 4.90 Å². The molecule has 2 unspecified atom stereocenters. The molecule has 0 N–H and O–H groups in total. The number of likely N-dealkylation sites (tertiary alicyclic amines) is 1. The zero-order valence-electron chi connectivity index (χ0n) is 11.4. The number of hydrogen-bond acceptors (Lipinski definition) is 2. The molecule has 0 aliphatic carbocycles. The first-order chi connectivity index (χ1) is 7.58. The maximum absolute atomic E-state index is 3.98. The molecule has 1 fully saturated rings. The Kier molecular flexibility index (Phi) is 5.50. The number of hydrogen-bond donors (Lipinski definition) is 0. The standard InChI is InChI=1S/C14H28N2/c1-6-14(12(3)4)16-9-8-13(11-16)10-15(5)7-2/h6,12-14H,1,7-11H2,2-5H3. The van der Waals surface area contributed by atoms with Crippen molar-refractivity contribution >= 4 is 0 Å². The Morgan fingerprint density at radius 1 is 1.50 bits per heavy atom. The Labute approximate surface area is 101 Å². The molecule has 0 radical (unpaired) electrons. The summed E-state index contributed by atoms with van der Waals surface area (Å²) in [5.74, 6) is 1.53. The Balaban J connectivity index is 2.42. The Morgan fingerprint density at radius 3 is 2.69 bits per heavy atom. The van der Waals surface area contributed by atoms with Gasteiger partial charge in [0.2, 0.25) is 0 Å². The second-order valence-corrected chi connectivity index (χ2v) is 5.47. The lowest BCUT2D eigenvalue weighted by atomic mass is 10.0. The van der Waals surface area contributed by atoms with E-state index in [1.165, 1.54) is 26.1 Å². The molecule has 0 saturated carbocycles. The highest BCUT2D eigenvalue weighted by atomic mass is 15.2. The third-order valence-electron chi connectivity index (χ3n) is 3.77. The van der Waals surface area contributed by atoms with E-state index in [1.807, 2.05) is 0 Å². The van der Waals surface area contributed by atoms with Crippen LogP contribution in [0.3, 0.4) is 0 Å². The van der Waals surface area contributed by atoms with Crippen LogP contribution in [0.1, 0.15) is 27.2 Å². The molecule has 2 nitrogen and oxygen atoms in total. The van der Waals surface area contributed by atoms with Gasteiger partial charge in [-0.05, 0) is 38.4 Å². The van der Waals surface area contributed by atoms with E-state index in [0.717, 1.165) is 12.5 Å². The van der Waals surface area contributed by atoms with Crippen molar-refractivity contribution < 1.29 is 0 Å². The van der Waals surface area contributed by atoms with Gasteiger partial charge in [-0.3, -0.25) is 4.90 Å². The van der Waals surface area contributed by atoms with Crippen LogP contribution in [-0.2, 0) is 0 Å². The van der Waals surface area contributed by atoms with E-state index >= 15 is 0 Å². The molecule has 0 aromatic heterocycles. The fourth-order valence-corrected chi connectivity index (χ4v) is 2.70. The lowest BCUT2D eigenvalue weighted by Gasteiger charge is -2.28. The predicted octanol–water partition coefficient (Wildman–Crippen LogP) is 2.47. The van der Waals surface area contributed by atoms with Gasteiger partial charge in [-0.15, -0.1) is 6.58 Å². The zero-order valence-corrected chi connectivity index (χ0v) is 11.4. The third-order valence-corrected chi connectivity index (χ3v) is 3.77. The van der Waals surface area contributed by atoms with Crippen LogP contribution in [0.4, 0.5) is 0 Å². The zero-order chi connectivity index (χ0) is 12.1. The van der Waals surface area contributed by atoms with Gasteiger partial charge in [0.15, 0.2) is 0 Å². The van der Waals surface area contributed by atoms with Crippen molar-refractivity contribution in [3.05, 3.63) is 12.7 Å². The minimum atomic E-state index is 0.567. The van der Waals surface area contributed by atoms with Crippen LogP contribution in [0.2, 0.25) is 0 Å². The van der Waals surface area contributed by atoms with E-state index in [-0.39, 0.29) is 0 Å². The van der Waals surface area contributed by atoms with Gasteiger partial charge in [-0.2, -0.15) is 0 Å². The van der Waals surface area contributed by atoms with Crippen LogP contribution in [-0.4, -0.2) is 49.1 Å². The topological polar surface area (TPSA) is 6.48 Å². The summed E-state index contributed by atoms with van der Waals surface area (Å²) in [5, 5.41) is 0. The molecule has 94 valence electrons. The van der Waals surface area contributed by atoms with Gasteiger partial charge in [-0.25, -0.2) is 0 Å². The molecule has 1 aliphatic rings. The number of nitrogens with zero attached hydrogens (tertiary/aromatic N) is 2. The molecule has 0 amide bonds. The highest BCUT2D eigenvalue weighted by Gasteiger charge is 2.28. The van der Waals surface area contributed by atoms with Gasteiger partial charge in [0, 0.05) is 19.1 Å². The van der Waals surface area contributed by atoms with Crippen LogP contribution in [0.15, 0.2) is 12.7 Å². The second kappa shape index (κ2) is 6.41. The van der Waals surface area contributed by atoms with Gasteiger partial charge in [-0.1, -0.05) is 26.8 Å². The van der Waals surface area contributed by atoms with E-state index in [9.17, 15) is 0 Å². The largest absolute Gasteiger partial charge is 0.306 e. The monoisotopic (exact) mass is 224 g/mol. The molecule has 16 heavy (non-hydrogen) atoms. The third kappa shape index (κ3) is 3.60. The normalized spacial score (nSPS) is 24.2. The van der Waals surface area contributed by atoms with Crippen LogP contribution < -0.4 is 0 Å². The van der Waals surface area contributed by atoms with Crippen LogP contribution in [0.5, 0.6) is 0 Å². The number of rotatable bonds is 6. The van der Waals surface area contributed by atoms with Crippen molar-refractivity contribution in [1.29, 1.82) is 0 Å². The molecule has 0 bridgehead atoms. The summed E-state index contributed by atoms with van der Waals surface area (Å²) in [4.78, 5) is 5.03. The van der Waals surface area contributed by atoms with Crippen molar-refractivity contribution in [3.63, 3.8) is 0 Å². The first kappa shape index (κ1) is 13.7. The summed E-state index contributed by atoms with van der Waals surface area (Å²) >= 11 is 0. The molecular weight excluding hydrogens is 196 g/mol. The Bertz CT molecular complexity index is 213. The van der Waals surface area contributed by atoms with Gasteiger partial charge >= 0.3 is 0 Å². The van der Waals surface area contributed by atoms with Crippen molar-refractivity contribution in [2.75, 3.05) is 33.2 Å². The van der Waals surface area contributed by atoms with Gasteiger partial charge in [0.05, 0.1) is 0 Å². The van der Waals surface area contributed by atoms with E-state index < -0.39 is 0 Å². The maximum Gasteiger partial charge on any atom is 0.0298 e. The van der Waals surface area contributed by atoms with Crippen molar-refractivity contribution in [1.82, 2.24) is 9.80 Å². The molecule has 1 saturated heterocycles. The van der Waals surface area contributed by atoms with Crippen LogP contribution in [0.25, 0.3) is 0 Å². The smallest absolute Gasteiger partial charge is 0.0298 e. The lowest BCUT2D eigenvalue weighted by Crippen LogP contribution is -2.36. The van der Waals surface area contributed by atoms with E-state index in [1.54, 1.807) is 0 Å². The molecule has 0 aromatic rings. The molecule has 0 aromatic carbocycles.